The zero-order valence-electron chi connectivity index (χ0n) is 12.9. The molecule has 4 nitrogen and oxygen atoms in total. The summed E-state index contributed by atoms with van der Waals surface area (Å²) in [4.78, 5) is 0. The average Bonchev–Trinajstić information content (AvgIpc) is 2.38. The van der Waals surface area contributed by atoms with Crippen molar-refractivity contribution in [1.82, 2.24) is 5.32 Å². The lowest BCUT2D eigenvalue weighted by molar-refractivity contribution is 0.341. The molecule has 120 valence electrons. The minimum Gasteiger partial charge on any atom is -0.491 e. The number of hydrogen-bond donors (Lipinski definition) is 1. The Kier molecular flexibility index (Phi) is 7.49. The van der Waals surface area contributed by atoms with E-state index >= 15 is 0 Å². The fourth-order valence-corrected chi connectivity index (χ4v) is 3.21. The summed E-state index contributed by atoms with van der Waals surface area (Å²) in [6.45, 7) is 6.87. The lowest BCUT2D eigenvalue weighted by atomic mass is 10.2. The van der Waals surface area contributed by atoms with E-state index < -0.39 is 9.84 Å². The van der Waals surface area contributed by atoms with Gasteiger partial charge < -0.3 is 10.1 Å². The molecule has 0 aliphatic rings. The summed E-state index contributed by atoms with van der Waals surface area (Å²) in [7, 11) is -3.02. The molecule has 0 radical (unpaired) electrons. The highest BCUT2D eigenvalue weighted by Gasteiger charge is 2.10. The van der Waals surface area contributed by atoms with Crippen LogP contribution in [0.1, 0.15) is 32.8 Å². The number of benzene rings is 1. The Balaban J connectivity index is 2.53. The molecule has 0 unspecified atom stereocenters. The summed E-state index contributed by atoms with van der Waals surface area (Å²) in [6, 6.07) is 5.96. The largest absolute Gasteiger partial charge is 0.491 e. The highest BCUT2D eigenvalue weighted by molar-refractivity contribution is 7.91. The van der Waals surface area contributed by atoms with Crippen molar-refractivity contribution in [3.05, 3.63) is 28.8 Å². The number of sulfone groups is 1. The van der Waals surface area contributed by atoms with Crippen molar-refractivity contribution in [2.24, 2.45) is 0 Å². The second kappa shape index (κ2) is 8.61. The standard InChI is InChI=1S/C15H24ClNO3S/c1-4-8-21(18,19)9-7-20-15-6-5-13(10-14(15)16)11-17-12(2)3/h5-6,10,12,17H,4,7-9,11H2,1-3H3. The molecule has 1 rings (SSSR count). The summed E-state index contributed by atoms with van der Waals surface area (Å²) in [5, 5.41) is 3.81. The van der Waals surface area contributed by atoms with Crippen LogP contribution in [0.5, 0.6) is 5.75 Å². The first-order valence-corrected chi connectivity index (χ1v) is 9.39. The van der Waals surface area contributed by atoms with Crippen LogP contribution in [0.15, 0.2) is 18.2 Å². The van der Waals surface area contributed by atoms with Crippen LogP contribution in [-0.2, 0) is 16.4 Å². The topological polar surface area (TPSA) is 55.4 Å². The van der Waals surface area contributed by atoms with Gasteiger partial charge in [-0.1, -0.05) is 38.4 Å². The van der Waals surface area contributed by atoms with Gasteiger partial charge in [0.2, 0.25) is 0 Å². The molecule has 0 aromatic heterocycles. The lowest BCUT2D eigenvalue weighted by Crippen LogP contribution is -2.21. The van der Waals surface area contributed by atoms with Crippen LogP contribution in [0.3, 0.4) is 0 Å². The second-order valence-electron chi connectivity index (χ2n) is 5.30. The summed E-state index contributed by atoms with van der Waals surface area (Å²) >= 11 is 6.15. The maximum absolute atomic E-state index is 11.6. The fourth-order valence-electron chi connectivity index (χ4n) is 1.78. The van der Waals surface area contributed by atoms with Crippen LogP contribution in [0.25, 0.3) is 0 Å². The zero-order valence-corrected chi connectivity index (χ0v) is 14.4. The number of hydrogen-bond acceptors (Lipinski definition) is 4. The monoisotopic (exact) mass is 333 g/mol. The molecule has 0 saturated heterocycles. The van der Waals surface area contributed by atoms with E-state index in [9.17, 15) is 8.42 Å². The Bertz CT molecular complexity index is 544. The smallest absolute Gasteiger partial charge is 0.153 e. The molecule has 0 bridgehead atoms. The molecule has 1 aromatic carbocycles. The maximum Gasteiger partial charge on any atom is 0.153 e. The molecule has 0 atom stereocenters. The van der Waals surface area contributed by atoms with E-state index in [0.717, 1.165) is 12.1 Å². The van der Waals surface area contributed by atoms with Crippen molar-refractivity contribution < 1.29 is 13.2 Å². The van der Waals surface area contributed by atoms with Crippen LogP contribution in [-0.4, -0.2) is 32.6 Å². The van der Waals surface area contributed by atoms with Crippen LogP contribution in [0, 0.1) is 0 Å². The number of rotatable bonds is 9. The SMILES string of the molecule is CCCS(=O)(=O)CCOc1ccc(CNC(C)C)cc1Cl. The van der Waals surface area contributed by atoms with Gasteiger partial charge >= 0.3 is 0 Å². The van der Waals surface area contributed by atoms with E-state index in [0.29, 0.717) is 23.2 Å². The molecular weight excluding hydrogens is 310 g/mol. The van der Waals surface area contributed by atoms with Gasteiger partial charge in [0.25, 0.3) is 0 Å². The van der Waals surface area contributed by atoms with Crippen molar-refractivity contribution in [3.63, 3.8) is 0 Å². The van der Waals surface area contributed by atoms with Gasteiger partial charge in [0.15, 0.2) is 9.84 Å². The first-order chi connectivity index (χ1) is 9.84. The first kappa shape index (κ1) is 18.3. The van der Waals surface area contributed by atoms with Gasteiger partial charge in [0, 0.05) is 12.6 Å². The van der Waals surface area contributed by atoms with Gasteiger partial charge in [-0.25, -0.2) is 8.42 Å². The third-order valence-corrected chi connectivity index (χ3v) is 4.99. The highest BCUT2D eigenvalue weighted by atomic mass is 35.5. The van der Waals surface area contributed by atoms with Gasteiger partial charge in [-0.05, 0) is 24.1 Å². The molecule has 21 heavy (non-hydrogen) atoms. The van der Waals surface area contributed by atoms with E-state index in [2.05, 4.69) is 19.2 Å². The highest BCUT2D eigenvalue weighted by Crippen LogP contribution is 2.25. The molecule has 0 aliphatic heterocycles. The second-order valence-corrected chi connectivity index (χ2v) is 8.01. The molecule has 1 aromatic rings. The summed E-state index contributed by atoms with van der Waals surface area (Å²) in [6.07, 6.45) is 0.626. The molecule has 6 heteroatoms. The van der Waals surface area contributed by atoms with Crippen molar-refractivity contribution in [2.75, 3.05) is 18.1 Å². The van der Waals surface area contributed by atoms with E-state index in [1.165, 1.54) is 0 Å². The maximum atomic E-state index is 11.6. The van der Waals surface area contributed by atoms with E-state index in [1.54, 1.807) is 6.07 Å². The third kappa shape index (κ3) is 7.16. The molecule has 0 aliphatic carbocycles. The van der Waals surface area contributed by atoms with Gasteiger partial charge in [0.05, 0.1) is 16.5 Å². The Labute approximate surface area is 132 Å². The van der Waals surface area contributed by atoms with Crippen LogP contribution in [0.2, 0.25) is 5.02 Å². The Hall–Kier alpha value is -0.780. The third-order valence-electron chi connectivity index (χ3n) is 2.88. The quantitative estimate of drug-likeness (QED) is 0.754. The number of halogens is 1. The predicted molar refractivity (Wildman–Crippen MR) is 87.9 cm³/mol. The average molecular weight is 334 g/mol. The van der Waals surface area contributed by atoms with Crippen LogP contribution in [0.4, 0.5) is 0 Å². The first-order valence-electron chi connectivity index (χ1n) is 7.19. The van der Waals surface area contributed by atoms with E-state index in [4.69, 9.17) is 16.3 Å². The van der Waals surface area contributed by atoms with Gasteiger partial charge in [-0.2, -0.15) is 0 Å². The minimum absolute atomic E-state index is 0.0217. The van der Waals surface area contributed by atoms with Gasteiger partial charge in [0.1, 0.15) is 12.4 Å². The van der Waals surface area contributed by atoms with E-state index in [-0.39, 0.29) is 18.1 Å². The Morgan fingerprint density at radius 2 is 2.00 bits per heavy atom. The van der Waals surface area contributed by atoms with Gasteiger partial charge in [-0.3, -0.25) is 0 Å². The summed E-state index contributed by atoms with van der Waals surface area (Å²) < 4.78 is 28.6. The molecule has 0 saturated carbocycles. The Morgan fingerprint density at radius 1 is 1.29 bits per heavy atom. The van der Waals surface area contributed by atoms with Crippen LogP contribution < -0.4 is 10.1 Å². The molecule has 0 heterocycles. The zero-order chi connectivity index (χ0) is 15.9. The van der Waals surface area contributed by atoms with Crippen LogP contribution >= 0.6 is 11.6 Å². The van der Waals surface area contributed by atoms with Gasteiger partial charge in [-0.15, -0.1) is 0 Å². The van der Waals surface area contributed by atoms with Crippen molar-refractivity contribution >= 4 is 21.4 Å². The summed E-state index contributed by atoms with van der Waals surface area (Å²) in [5.74, 6) is 0.745. The molecule has 0 fully saturated rings. The Morgan fingerprint density at radius 3 is 2.57 bits per heavy atom. The summed E-state index contributed by atoms with van der Waals surface area (Å²) in [5.41, 5.74) is 1.07. The normalized spacial score (nSPS) is 11.9. The minimum atomic E-state index is -3.02. The number of nitrogens with one attached hydrogen (secondary N) is 1. The molecule has 0 amide bonds. The molecule has 1 N–H and O–H groups in total. The predicted octanol–water partition coefficient (Wildman–Crippen LogP) is 3.04. The molecular formula is C15H24ClNO3S. The molecule has 0 spiro atoms. The number of ether oxygens (including phenoxy) is 1. The van der Waals surface area contributed by atoms with Crippen molar-refractivity contribution in [2.45, 2.75) is 39.8 Å². The van der Waals surface area contributed by atoms with Crippen molar-refractivity contribution in [3.8, 4) is 5.75 Å². The lowest BCUT2D eigenvalue weighted by Gasteiger charge is -2.11. The van der Waals surface area contributed by atoms with Crippen molar-refractivity contribution in [1.29, 1.82) is 0 Å². The fraction of sp³-hybridized carbons (Fsp3) is 0.600. The van der Waals surface area contributed by atoms with E-state index in [1.807, 2.05) is 19.1 Å².